The molecule has 3 rings (SSSR count). The van der Waals surface area contributed by atoms with Crippen LogP contribution in [0.4, 0.5) is 0 Å². The Morgan fingerprint density at radius 3 is 2.63 bits per heavy atom. The molecule has 2 aliphatic rings. The fourth-order valence-corrected chi connectivity index (χ4v) is 4.17. The van der Waals surface area contributed by atoms with E-state index in [-0.39, 0.29) is 5.91 Å². The van der Waals surface area contributed by atoms with Crippen molar-refractivity contribution in [2.45, 2.75) is 25.7 Å². The van der Waals surface area contributed by atoms with Gasteiger partial charge < -0.3 is 4.90 Å². The van der Waals surface area contributed by atoms with Crippen LogP contribution in [-0.2, 0) is 0 Å². The highest BCUT2D eigenvalue weighted by molar-refractivity contribution is 14.1. The van der Waals surface area contributed by atoms with E-state index in [0.717, 1.165) is 22.2 Å². The lowest BCUT2D eigenvalue weighted by atomic mass is 9.78. The van der Waals surface area contributed by atoms with Gasteiger partial charge in [-0.25, -0.2) is 0 Å². The molecule has 2 unspecified atom stereocenters. The van der Waals surface area contributed by atoms with Crippen LogP contribution in [0.5, 0.6) is 0 Å². The van der Waals surface area contributed by atoms with Gasteiger partial charge in [-0.15, -0.1) is 0 Å². The highest BCUT2D eigenvalue weighted by atomic mass is 127. The maximum atomic E-state index is 12.7. The Bertz CT molecular complexity index is 493. The molecule has 4 heteroatoms. The Balaban J connectivity index is 1.82. The van der Waals surface area contributed by atoms with Gasteiger partial charge in [0.15, 0.2) is 0 Å². The van der Waals surface area contributed by atoms with Crippen LogP contribution in [0.3, 0.4) is 0 Å². The van der Waals surface area contributed by atoms with Crippen molar-refractivity contribution in [3.8, 4) is 0 Å². The van der Waals surface area contributed by atoms with Gasteiger partial charge >= 0.3 is 0 Å². The number of carbonyl (C=O) groups excluding carboxylic acids is 1. The normalized spacial score (nSPS) is 26.3. The van der Waals surface area contributed by atoms with Gasteiger partial charge in [-0.05, 0) is 71.9 Å². The van der Waals surface area contributed by atoms with Crippen LogP contribution in [0.25, 0.3) is 0 Å². The number of nitrogens with zero attached hydrogens (tertiary/aromatic N) is 1. The van der Waals surface area contributed by atoms with Crippen LogP contribution in [0.15, 0.2) is 18.2 Å². The molecule has 0 radical (unpaired) electrons. The van der Waals surface area contributed by atoms with E-state index >= 15 is 0 Å². The molecule has 2 nitrogen and oxygen atoms in total. The number of hydrogen-bond donors (Lipinski definition) is 0. The molecule has 1 aromatic carbocycles. The Labute approximate surface area is 132 Å². The smallest absolute Gasteiger partial charge is 0.254 e. The lowest BCUT2D eigenvalue weighted by molar-refractivity contribution is 0.0503. The monoisotopic (exact) mass is 389 g/mol. The van der Waals surface area contributed by atoms with E-state index in [0.29, 0.717) is 16.9 Å². The van der Waals surface area contributed by atoms with Crippen molar-refractivity contribution in [3.05, 3.63) is 32.4 Å². The van der Waals surface area contributed by atoms with E-state index < -0.39 is 0 Å². The summed E-state index contributed by atoms with van der Waals surface area (Å²) >= 11 is 8.24. The topological polar surface area (TPSA) is 20.3 Å². The molecule has 1 heterocycles. The summed E-state index contributed by atoms with van der Waals surface area (Å²) in [4.78, 5) is 14.7. The Morgan fingerprint density at radius 1 is 1.26 bits per heavy atom. The molecule has 2 bridgehead atoms. The van der Waals surface area contributed by atoms with Crippen molar-refractivity contribution < 1.29 is 4.79 Å². The number of rotatable bonds is 1. The molecule has 1 aliphatic heterocycles. The minimum absolute atomic E-state index is 0.156. The third-order valence-electron chi connectivity index (χ3n) is 4.29. The second-order valence-corrected chi connectivity index (χ2v) is 7.33. The maximum absolute atomic E-state index is 12.7. The number of carbonyl (C=O) groups is 1. The van der Waals surface area contributed by atoms with Crippen LogP contribution >= 0.6 is 34.2 Å². The van der Waals surface area contributed by atoms with Crippen LogP contribution in [0, 0.1) is 15.4 Å². The molecule has 2 atom stereocenters. The van der Waals surface area contributed by atoms with Crippen LogP contribution in [0.1, 0.15) is 36.0 Å². The highest BCUT2D eigenvalue weighted by Crippen LogP contribution is 2.35. The van der Waals surface area contributed by atoms with Crippen molar-refractivity contribution >= 4 is 40.1 Å². The molecule has 1 amide bonds. The molecule has 1 saturated carbocycles. The average Bonchev–Trinajstić information content (AvgIpc) is 2.40. The van der Waals surface area contributed by atoms with Crippen LogP contribution < -0.4 is 0 Å². The lowest BCUT2D eigenvalue weighted by Gasteiger charge is -2.41. The quantitative estimate of drug-likeness (QED) is 0.659. The summed E-state index contributed by atoms with van der Waals surface area (Å²) in [7, 11) is 0. The van der Waals surface area contributed by atoms with E-state index in [4.69, 9.17) is 11.6 Å². The van der Waals surface area contributed by atoms with Gasteiger partial charge in [0.05, 0.1) is 5.56 Å². The van der Waals surface area contributed by atoms with Crippen molar-refractivity contribution in [1.82, 2.24) is 4.90 Å². The number of benzene rings is 1. The molecular weight excluding hydrogens is 373 g/mol. The Hall–Kier alpha value is -0.290. The second-order valence-electron chi connectivity index (χ2n) is 5.73. The minimum Gasteiger partial charge on any atom is -0.338 e. The van der Waals surface area contributed by atoms with Crippen molar-refractivity contribution in [2.75, 3.05) is 13.1 Å². The molecule has 0 N–H and O–H groups in total. The summed E-state index contributed by atoms with van der Waals surface area (Å²) < 4.78 is 0.989. The summed E-state index contributed by atoms with van der Waals surface area (Å²) in [6.07, 6.45) is 5.22. The van der Waals surface area contributed by atoms with Crippen molar-refractivity contribution in [2.24, 2.45) is 11.8 Å². The first-order chi connectivity index (χ1) is 9.13. The number of fused-ring (bicyclic) bond motifs is 2. The van der Waals surface area contributed by atoms with Crippen molar-refractivity contribution in [3.63, 3.8) is 0 Å². The van der Waals surface area contributed by atoms with E-state index in [1.54, 1.807) is 6.07 Å². The molecule has 1 aromatic rings. The Kier molecular flexibility index (Phi) is 4.03. The first-order valence-electron chi connectivity index (χ1n) is 6.88. The molecule has 0 aromatic heterocycles. The maximum Gasteiger partial charge on any atom is 0.254 e. The summed E-state index contributed by atoms with van der Waals surface area (Å²) in [5, 5.41) is 0.640. The molecule has 19 heavy (non-hydrogen) atoms. The fourth-order valence-electron chi connectivity index (χ4n) is 3.43. The summed E-state index contributed by atoms with van der Waals surface area (Å²) in [5.74, 6) is 1.59. The van der Waals surface area contributed by atoms with Gasteiger partial charge in [0.25, 0.3) is 5.91 Å². The summed E-state index contributed by atoms with van der Waals surface area (Å²) in [6.45, 7) is 1.86. The van der Waals surface area contributed by atoms with Gasteiger partial charge in [-0.3, -0.25) is 4.79 Å². The lowest BCUT2D eigenvalue weighted by Crippen LogP contribution is -2.45. The van der Waals surface area contributed by atoms with E-state index in [1.807, 2.05) is 17.0 Å². The number of piperidine rings is 1. The third-order valence-corrected chi connectivity index (χ3v) is 5.47. The van der Waals surface area contributed by atoms with E-state index in [1.165, 1.54) is 25.7 Å². The predicted molar refractivity (Wildman–Crippen MR) is 85.5 cm³/mol. The SMILES string of the molecule is O=C(c1cc(Cl)ccc1I)N1CC2CCCC(C2)C1. The first kappa shape index (κ1) is 13.7. The van der Waals surface area contributed by atoms with Crippen LogP contribution in [0.2, 0.25) is 5.02 Å². The number of amides is 1. The van der Waals surface area contributed by atoms with Crippen LogP contribution in [-0.4, -0.2) is 23.9 Å². The molecular formula is C15H17ClINO. The summed E-state index contributed by atoms with van der Waals surface area (Å²) in [6, 6.07) is 5.56. The number of halogens is 2. The minimum atomic E-state index is 0.156. The zero-order valence-electron chi connectivity index (χ0n) is 10.7. The number of likely N-dealkylation sites (tertiary alicyclic amines) is 1. The van der Waals surface area contributed by atoms with Gasteiger partial charge in [0, 0.05) is 21.7 Å². The Morgan fingerprint density at radius 2 is 1.95 bits per heavy atom. The largest absolute Gasteiger partial charge is 0.338 e. The second kappa shape index (κ2) is 5.60. The van der Waals surface area contributed by atoms with Gasteiger partial charge in [0.1, 0.15) is 0 Å². The molecule has 1 aliphatic carbocycles. The van der Waals surface area contributed by atoms with Gasteiger partial charge in [-0.2, -0.15) is 0 Å². The molecule has 1 saturated heterocycles. The standard InChI is InChI=1S/C15H17ClINO/c16-12-4-5-14(17)13(7-12)15(19)18-8-10-2-1-3-11(6-10)9-18/h4-5,7,10-11H,1-3,6,8-9H2. The number of hydrogen-bond acceptors (Lipinski definition) is 1. The fraction of sp³-hybridized carbons (Fsp3) is 0.533. The molecule has 2 fully saturated rings. The third kappa shape index (κ3) is 2.92. The van der Waals surface area contributed by atoms with E-state index in [9.17, 15) is 4.79 Å². The molecule has 0 spiro atoms. The average molecular weight is 390 g/mol. The zero-order valence-corrected chi connectivity index (χ0v) is 13.7. The first-order valence-corrected chi connectivity index (χ1v) is 8.33. The zero-order chi connectivity index (χ0) is 13.4. The van der Waals surface area contributed by atoms with Gasteiger partial charge in [-0.1, -0.05) is 18.0 Å². The van der Waals surface area contributed by atoms with Gasteiger partial charge in [0.2, 0.25) is 0 Å². The highest BCUT2D eigenvalue weighted by Gasteiger charge is 2.33. The van der Waals surface area contributed by atoms with Crippen molar-refractivity contribution in [1.29, 1.82) is 0 Å². The summed E-state index contributed by atoms with van der Waals surface area (Å²) in [5.41, 5.74) is 0.757. The predicted octanol–water partition coefficient (Wildman–Crippen LogP) is 4.21. The molecule has 102 valence electrons. The van der Waals surface area contributed by atoms with E-state index in [2.05, 4.69) is 22.6 Å².